The van der Waals surface area contributed by atoms with Crippen molar-refractivity contribution in [2.45, 2.75) is 279 Å². The minimum atomic E-state index is -0.823. The predicted molar refractivity (Wildman–Crippen MR) is 285 cm³/mol. The smallest absolute Gasteiger partial charge is 0.358 e. The third-order valence-electron chi connectivity index (χ3n) is 15.5. The number of hydrogen-bond donors (Lipinski definition) is 0. The molecule has 0 aliphatic heterocycles. The van der Waals surface area contributed by atoms with Crippen LogP contribution in [0.2, 0.25) is 201 Å². The standard InChI is InChI=1S/4C11H26Si2.2CH3.2Sm/c4*1-12(2,3)10-7-8-11(9-10)13(4,5)6;;;;/h4*10-11H,7-9H2,1-6H3;2*1H3;;/q;;;;2*-1;2*+3. The summed E-state index contributed by atoms with van der Waals surface area (Å²) in [6.45, 7) is 61.1. The second-order valence-electron chi connectivity index (χ2n) is 27.8. The molecular formula is C46H110Si8Sm2+4. The minimum absolute atomic E-state index is 0. The molecule has 334 valence electrons. The van der Waals surface area contributed by atoms with Crippen LogP contribution in [0.4, 0.5) is 0 Å². The Kier molecular flexibility index (Phi) is 31.0. The monoisotopic (exact) mass is 1190 g/mol. The third-order valence-corrected chi connectivity index (χ3v) is 39.3. The summed E-state index contributed by atoms with van der Waals surface area (Å²) in [6.07, 6.45) is 18.7. The van der Waals surface area contributed by atoms with Crippen LogP contribution >= 0.6 is 0 Å². The molecule has 0 N–H and O–H groups in total. The van der Waals surface area contributed by atoms with Gasteiger partial charge in [-0.05, 0) is 44.3 Å². The van der Waals surface area contributed by atoms with E-state index in [0.29, 0.717) is 0 Å². The van der Waals surface area contributed by atoms with E-state index in [1.807, 2.05) is 0 Å². The Balaban J connectivity index is -0.000000314. The molecule has 10 heteroatoms. The molecule has 0 aromatic heterocycles. The summed E-state index contributed by atoms with van der Waals surface area (Å²) in [5.41, 5.74) is 9.03. The van der Waals surface area contributed by atoms with Crippen molar-refractivity contribution in [2.75, 3.05) is 0 Å². The van der Waals surface area contributed by atoms with Crippen LogP contribution in [0.5, 0.6) is 0 Å². The molecule has 0 aromatic carbocycles. The molecule has 0 saturated heterocycles. The quantitative estimate of drug-likeness (QED) is 0.168. The minimum Gasteiger partial charge on any atom is -0.358 e. The summed E-state index contributed by atoms with van der Waals surface area (Å²) in [5.74, 6) is 0. The van der Waals surface area contributed by atoms with E-state index in [2.05, 4.69) is 157 Å². The summed E-state index contributed by atoms with van der Waals surface area (Å²) in [4.78, 5) is 0. The zero-order chi connectivity index (χ0) is 41.1. The van der Waals surface area contributed by atoms with Gasteiger partial charge in [0.15, 0.2) is 0 Å². The van der Waals surface area contributed by atoms with Crippen LogP contribution in [0.3, 0.4) is 0 Å². The van der Waals surface area contributed by atoms with Gasteiger partial charge in [-0.25, -0.2) is 0 Å². The molecule has 4 saturated carbocycles. The first-order chi connectivity index (χ1) is 22.8. The molecular weight excluding hydrogens is 1080 g/mol. The van der Waals surface area contributed by atoms with Crippen molar-refractivity contribution in [3.8, 4) is 0 Å². The van der Waals surface area contributed by atoms with Crippen LogP contribution in [0.15, 0.2) is 0 Å². The summed E-state index contributed by atoms with van der Waals surface area (Å²) >= 11 is 0. The zero-order valence-electron chi connectivity index (χ0n) is 43.9. The van der Waals surface area contributed by atoms with Crippen LogP contribution < -0.4 is 0 Å². The van der Waals surface area contributed by atoms with Gasteiger partial charge in [0.2, 0.25) is 0 Å². The molecule has 2 radical (unpaired) electrons. The molecule has 4 fully saturated rings. The largest absolute Gasteiger partial charge is 3.00 e. The van der Waals surface area contributed by atoms with E-state index < -0.39 is 64.6 Å². The van der Waals surface area contributed by atoms with Gasteiger partial charge in [0.1, 0.15) is 0 Å². The maximum absolute atomic E-state index is 2.55. The second-order valence-corrected chi connectivity index (χ2v) is 72.1. The molecule has 4 aliphatic rings. The molecule has 0 spiro atoms. The average molecular weight is 1190 g/mol. The van der Waals surface area contributed by atoms with E-state index in [9.17, 15) is 0 Å². The van der Waals surface area contributed by atoms with E-state index in [0.717, 1.165) is 44.3 Å². The van der Waals surface area contributed by atoms with Gasteiger partial charge in [-0.3, -0.25) is 0 Å². The summed E-state index contributed by atoms with van der Waals surface area (Å²) in [7, 11) is -6.58. The number of hydrogen-bond acceptors (Lipinski definition) is 0. The van der Waals surface area contributed by atoms with Crippen LogP contribution in [0.25, 0.3) is 0 Å². The first-order valence-corrected chi connectivity index (χ1v) is 51.5. The van der Waals surface area contributed by atoms with Gasteiger partial charge < -0.3 is 14.9 Å². The maximum atomic E-state index is 2.55. The Morgan fingerprint density at radius 1 is 0.196 bits per heavy atom. The third kappa shape index (κ3) is 24.6. The molecule has 8 unspecified atom stereocenters. The van der Waals surface area contributed by atoms with E-state index in [1.54, 1.807) is 77.0 Å². The van der Waals surface area contributed by atoms with E-state index in [1.165, 1.54) is 0 Å². The molecule has 0 heterocycles. The molecule has 0 bridgehead atoms. The Morgan fingerprint density at radius 2 is 0.268 bits per heavy atom. The van der Waals surface area contributed by atoms with Crippen LogP contribution in [0.1, 0.15) is 77.0 Å². The Bertz CT molecular complexity index is 795. The van der Waals surface area contributed by atoms with Gasteiger partial charge >= 0.3 is 80.8 Å². The molecule has 8 atom stereocenters. The Hall–Kier alpha value is 4.41. The van der Waals surface area contributed by atoms with Crippen LogP contribution in [-0.4, -0.2) is 64.6 Å². The van der Waals surface area contributed by atoms with Crippen LogP contribution in [-0.2, 0) is 0 Å². The fourth-order valence-electron chi connectivity index (χ4n) is 10.2. The average Bonchev–Trinajstić information content (AvgIpc) is 3.72. The van der Waals surface area contributed by atoms with Crippen molar-refractivity contribution in [2.24, 2.45) is 0 Å². The Labute approximate surface area is 432 Å². The normalized spacial score (nSPS) is 28.7. The first kappa shape index (κ1) is 67.0. The topological polar surface area (TPSA) is 0 Å². The molecule has 4 aliphatic carbocycles. The predicted octanol–water partition coefficient (Wildman–Crippen LogP) is 19.2. The van der Waals surface area contributed by atoms with Gasteiger partial charge in [-0.2, -0.15) is 0 Å². The molecule has 4 rings (SSSR count). The van der Waals surface area contributed by atoms with E-state index in [4.69, 9.17) is 0 Å². The van der Waals surface area contributed by atoms with E-state index >= 15 is 0 Å². The van der Waals surface area contributed by atoms with Gasteiger partial charge in [-0.15, -0.1) is 0 Å². The van der Waals surface area contributed by atoms with Gasteiger partial charge in [0.05, 0.1) is 0 Å². The Morgan fingerprint density at radius 3 is 0.304 bits per heavy atom. The van der Waals surface area contributed by atoms with Crippen molar-refractivity contribution in [1.82, 2.24) is 0 Å². The van der Waals surface area contributed by atoms with Gasteiger partial charge in [-0.1, -0.05) is 234 Å². The molecule has 0 amide bonds. The zero-order valence-corrected chi connectivity index (χ0v) is 57.2. The van der Waals surface area contributed by atoms with Crippen molar-refractivity contribution >= 4 is 64.6 Å². The van der Waals surface area contributed by atoms with Gasteiger partial charge in [0, 0.05) is 64.6 Å². The molecule has 0 nitrogen and oxygen atoms in total. The fraction of sp³-hybridized carbons (Fsp3) is 0.957. The van der Waals surface area contributed by atoms with Crippen molar-refractivity contribution in [1.29, 1.82) is 0 Å². The second kappa shape index (κ2) is 25.9. The first-order valence-electron chi connectivity index (χ1n) is 22.8. The SMILES string of the molecule is C[Si](C)(C)C1CCC([Si](C)(C)C)C1.C[Si](C)(C)C1CCC([Si](C)(C)C)C1.C[Si](C)(C)C1CCC([Si](C)(C)C)C1.C[Si](C)(C)C1CCC([Si](C)(C)C)C1.[CH3-].[CH3-].[Sm+3].[Sm+3]. The summed E-state index contributed by atoms with van der Waals surface area (Å²) < 4.78 is 0. The molecule has 0 aromatic rings. The maximum Gasteiger partial charge on any atom is 3.00 e. The molecule has 56 heavy (non-hydrogen) atoms. The fourth-order valence-corrected chi connectivity index (χ4v) is 27.4. The van der Waals surface area contributed by atoms with Crippen molar-refractivity contribution < 1.29 is 80.8 Å². The van der Waals surface area contributed by atoms with Crippen LogP contribution in [0, 0.1) is 95.6 Å². The van der Waals surface area contributed by atoms with Gasteiger partial charge in [0.25, 0.3) is 0 Å². The van der Waals surface area contributed by atoms with Crippen molar-refractivity contribution in [3.05, 3.63) is 14.9 Å². The number of rotatable bonds is 8. The van der Waals surface area contributed by atoms with Crippen molar-refractivity contribution in [3.63, 3.8) is 0 Å². The summed E-state index contributed by atoms with van der Waals surface area (Å²) in [6, 6.07) is 0. The summed E-state index contributed by atoms with van der Waals surface area (Å²) in [5, 5.41) is 0. The van der Waals surface area contributed by atoms with E-state index in [-0.39, 0.29) is 95.6 Å².